The van der Waals surface area contributed by atoms with Gasteiger partial charge in [0, 0.05) is 47.3 Å². The van der Waals surface area contributed by atoms with E-state index in [9.17, 15) is 4.39 Å². The standard InChI is InChI=1S/C35H35N2O.C16H17FN.Ir/c1-21(2)23-14-10-15-24(22(3)4)31(23)37-32-28(35(5,6)7)18-12-19-29(32)36-34(37)27-17-11-16-26-25-13-8-9-20-30(25)38-33(26)27;1-11-5-7-13(14(17)9-11)15-8-6-12(10-18-15)16(2,3)4;/h8-16,18-22H,1-7H3;5-6,8-10H,1-4H3;/q2*-1;/i;1D3;. The monoisotopic (exact) mass is 937 g/mol. The molecule has 0 aliphatic rings. The van der Waals surface area contributed by atoms with Gasteiger partial charge in [0.1, 0.15) is 5.58 Å². The number of aryl methyl sites for hydroxylation is 1. The van der Waals surface area contributed by atoms with Crippen molar-refractivity contribution >= 4 is 33.0 Å². The Morgan fingerprint density at radius 1 is 0.772 bits per heavy atom. The summed E-state index contributed by atoms with van der Waals surface area (Å²) in [4.78, 5) is 9.58. The van der Waals surface area contributed by atoms with Crippen molar-refractivity contribution in [1.82, 2.24) is 14.5 Å². The predicted molar refractivity (Wildman–Crippen MR) is 231 cm³/mol. The van der Waals surface area contributed by atoms with Crippen LogP contribution < -0.4 is 0 Å². The Morgan fingerprint density at radius 3 is 2.09 bits per heavy atom. The summed E-state index contributed by atoms with van der Waals surface area (Å²) in [7, 11) is 0. The Morgan fingerprint density at radius 2 is 1.47 bits per heavy atom. The number of para-hydroxylation sites is 3. The van der Waals surface area contributed by atoms with Crippen LogP contribution in [-0.4, -0.2) is 14.5 Å². The van der Waals surface area contributed by atoms with Crippen LogP contribution in [0.3, 0.4) is 0 Å². The molecule has 5 aromatic carbocycles. The van der Waals surface area contributed by atoms with E-state index in [0.29, 0.717) is 17.5 Å². The Labute approximate surface area is 355 Å². The number of hydrogen-bond donors (Lipinski definition) is 0. The van der Waals surface area contributed by atoms with Crippen LogP contribution in [0.15, 0.2) is 108 Å². The van der Waals surface area contributed by atoms with Gasteiger partial charge in [0.25, 0.3) is 0 Å². The average molecular weight is 937 g/mol. The van der Waals surface area contributed by atoms with Gasteiger partial charge in [-0.25, -0.2) is 0 Å². The van der Waals surface area contributed by atoms with Crippen LogP contribution in [0.2, 0.25) is 0 Å². The van der Waals surface area contributed by atoms with Crippen LogP contribution in [-0.2, 0) is 30.9 Å². The molecule has 6 heteroatoms. The van der Waals surface area contributed by atoms with Gasteiger partial charge in [-0.1, -0.05) is 153 Å². The first-order valence-electron chi connectivity index (χ1n) is 20.9. The van der Waals surface area contributed by atoms with Gasteiger partial charge in [-0.05, 0) is 62.7 Å². The number of aromatic nitrogens is 3. The number of hydrogen-bond acceptors (Lipinski definition) is 3. The molecular formula is C51H52FIrN3O-2. The summed E-state index contributed by atoms with van der Waals surface area (Å²) in [5.74, 6) is 0.944. The summed E-state index contributed by atoms with van der Waals surface area (Å²) < 4.78 is 44.8. The summed E-state index contributed by atoms with van der Waals surface area (Å²) in [6, 6.07) is 37.8. The van der Waals surface area contributed by atoms with Gasteiger partial charge >= 0.3 is 0 Å². The second-order valence-corrected chi connectivity index (χ2v) is 17.3. The second kappa shape index (κ2) is 16.2. The predicted octanol–water partition coefficient (Wildman–Crippen LogP) is 14.2. The van der Waals surface area contributed by atoms with Gasteiger partial charge < -0.3 is 14.0 Å². The zero-order valence-corrected chi connectivity index (χ0v) is 36.8. The number of nitrogens with zero attached hydrogens (tertiary/aromatic N) is 3. The van der Waals surface area contributed by atoms with Crippen LogP contribution >= 0.6 is 0 Å². The average Bonchev–Trinajstić information content (AvgIpc) is 3.75. The van der Waals surface area contributed by atoms with Crippen LogP contribution in [0.4, 0.5) is 4.39 Å². The first-order chi connectivity index (χ1) is 27.8. The van der Waals surface area contributed by atoms with E-state index in [2.05, 4.69) is 146 Å². The molecule has 4 nitrogen and oxygen atoms in total. The molecule has 1 radical (unpaired) electrons. The third-order valence-electron chi connectivity index (χ3n) is 10.4. The molecule has 0 atom stereocenters. The Bertz CT molecular complexity index is 2780. The van der Waals surface area contributed by atoms with Crippen molar-refractivity contribution in [3.05, 3.63) is 149 Å². The molecule has 0 amide bonds. The van der Waals surface area contributed by atoms with E-state index in [0.717, 1.165) is 56.0 Å². The molecule has 0 fully saturated rings. The molecule has 8 rings (SSSR count). The maximum atomic E-state index is 14.1. The molecule has 0 unspecified atom stereocenters. The van der Waals surface area contributed by atoms with E-state index in [4.69, 9.17) is 13.5 Å². The molecule has 0 N–H and O–H groups in total. The molecule has 57 heavy (non-hydrogen) atoms. The fourth-order valence-corrected chi connectivity index (χ4v) is 7.39. The van der Waals surface area contributed by atoms with Gasteiger partial charge in [-0.2, -0.15) is 0 Å². The van der Waals surface area contributed by atoms with Crippen molar-refractivity contribution in [2.75, 3.05) is 0 Å². The summed E-state index contributed by atoms with van der Waals surface area (Å²) in [6.07, 6.45) is 1.71. The SMILES string of the molecule is CC(C)c1cccc(C(C)C)c1-n1c(-c2[c-]ccc3c2oc2ccccc23)nc2cccc(C(C)(C)C)c21.[2H]C([2H])([2H])c1c[c-]c(-c2ccc(C(C)(C)C)cn2)c(F)c1.[Ir]. The molecule has 8 aromatic rings. The first kappa shape index (κ1) is 37.7. The van der Waals surface area contributed by atoms with Gasteiger partial charge in [0.15, 0.2) is 0 Å². The fourth-order valence-electron chi connectivity index (χ4n) is 7.39. The number of imidazole rings is 1. The minimum Gasteiger partial charge on any atom is -0.501 e. The van der Waals surface area contributed by atoms with Gasteiger partial charge in [-0.15, -0.1) is 42.0 Å². The van der Waals surface area contributed by atoms with Crippen molar-refractivity contribution in [2.45, 2.75) is 98.8 Å². The number of halogens is 1. The molecule has 295 valence electrons. The Balaban J connectivity index is 0.000000234. The minimum absolute atomic E-state index is 0. The molecule has 0 aliphatic heterocycles. The number of pyridine rings is 1. The van der Waals surface area contributed by atoms with E-state index in [-0.39, 0.29) is 42.1 Å². The van der Waals surface area contributed by atoms with E-state index in [1.165, 1.54) is 28.4 Å². The molecular weight excluding hydrogens is 882 g/mol. The quantitative estimate of drug-likeness (QED) is 0.162. The largest absolute Gasteiger partial charge is 0.501 e. The molecule has 0 saturated carbocycles. The van der Waals surface area contributed by atoms with Crippen LogP contribution in [0, 0.1) is 24.8 Å². The number of benzene rings is 5. The molecule has 3 aromatic heterocycles. The van der Waals surface area contributed by atoms with Crippen molar-refractivity contribution in [2.24, 2.45) is 0 Å². The first-order valence-corrected chi connectivity index (χ1v) is 19.4. The second-order valence-electron chi connectivity index (χ2n) is 17.3. The Kier molecular flexibility index (Phi) is 10.7. The fraction of sp³-hybridized carbons (Fsp3) is 0.294. The minimum atomic E-state index is -2.33. The van der Waals surface area contributed by atoms with E-state index >= 15 is 0 Å². The number of fused-ring (bicyclic) bond motifs is 4. The van der Waals surface area contributed by atoms with Gasteiger partial charge in [0.2, 0.25) is 0 Å². The summed E-state index contributed by atoms with van der Waals surface area (Å²) in [5.41, 5.74) is 11.4. The molecule has 3 heterocycles. The number of rotatable bonds is 5. The normalized spacial score (nSPS) is 13.0. The zero-order chi connectivity index (χ0) is 42.6. The smallest absolute Gasteiger partial charge is 0.120 e. The van der Waals surface area contributed by atoms with E-state index < -0.39 is 12.7 Å². The summed E-state index contributed by atoms with van der Waals surface area (Å²) >= 11 is 0. The maximum Gasteiger partial charge on any atom is 0.120 e. The summed E-state index contributed by atoms with van der Waals surface area (Å²) in [5, 5.41) is 2.20. The van der Waals surface area contributed by atoms with Crippen LogP contribution in [0.1, 0.15) is 113 Å². The van der Waals surface area contributed by atoms with Crippen LogP contribution in [0.5, 0.6) is 0 Å². The molecule has 0 bridgehead atoms. The van der Waals surface area contributed by atoms with E-state index in [1.54, 1.807) is 12.3 Å². The zero-order valence-electron chi connectivity index (χ0n) is 37.4. The van der Waals surface area contributed by atoms with Crippen molar-refractivity contribution < 1.29 is 33.0 Å². The maximum absolute atomic E-state index is 14.1. The van der Waals surface area contributed by atoms with Gasteiger partial charge in [-0.3, -0.25) is 9.37 Å². The molecule has 0 aliphatic carbocycles. The molecule has 0 spiro atoms. The van der Waals surface area contributed by atoms with Crippen LogP contribution in [0.25, 0.3) is 61.3 Å². The third kappa shape index (κ3) is 8.13. The van der Waals surface area contributed by atoms with Crippen molar-refractivity contribution in [3.63, 3.8) is 0 Å². The summed E-state index contributed by atoms with van der Waals surface area (Å²) in [6.45, 7) is 19.8. The number of furan rings is 1. The molecule has 0 saturated heterocycles. The van der Waals surface area contributed by atoms with Crippen molar-refractivity contribution in [3.8, 4) is 28.3 Å². The third-order valence-corrected chi connectivity index (χ3v) is 10.4. The van der Waals surface area contributed by atoms with Crippen molar-refractivity contribution in [1.29, 1.82) is 0 Å². The Hall–Kier alpha value is -4.90. The topological polar surface area (TPSA) is 43.9 Å². The van der Waals surface area contributed by atoms with Gasteiger partial charge in [0.05, 0.1) is 22.4 Å². The van der Waals surface area contributed by atoms with E-state index in [1.807, 2.05) is 24.3 Å².